The van der Waals surface area contributed by atoms with Crippen LogP contribution >= 0.6 is 11.8 Å². The van der Waals surface area contributed by atoms with E-state index in [2.05, 4.69) is 75.3 Å². The first kappa shape index (κ1) is 21.3. The second kappa shape index (κ2) is 10.4. The Balaban J connectivity index is 1.90. The molecule has 0 radical (unpaired) electrons. The van der Waals surface area contributed by atoms with Crippen LogP contribution in [0.2, 0.25) is 0 Å². The van der Waals surface area contributed by atoms with Gasteiger partial charge in [0.1, 0.15) is 5.75 Å². The van der Waals surface area contributed by atoms with Gasteiger partial charge in [-0.1, -0.05) is 50.8 Å². The highest BCUT2D eigenvalue weighted by molar-refractivity contribution is 8.03. The van der Waals surface area contributed by atoms with Gasteiger partial charge in [-0.25, -0.2) is 0 Å². The van der Waals surface area contributed by atoms with Gasteiger partial charge in [0, 0.05) is 23.1 Å². The van der Waals surface area contributed by atoms with E-state index >= 15 is 0 Å². The number of nitrogens with zero attached hydrogens (tertiary/aromatic N) is 1. The van der Waals surface area contributed by atoms with Gasteiger partial charge in [-0.3, -0.25) is 4.98 Å². The highest BCUT2D eigenvalue weighted by Crippen LogP contribution is 2.28. The lowest BCUT2D eigenvalue weighted by atomic mass is 10.1. The van der Waals surface area contributed by atoms with Gasteiger partial charge in [0.2, 0.25) is 0 Å². The van der Waals surface area contributed by atoms with E-state index in [9.17, 15) is 0 Å². The average molecular weight is 382 g/mol. The monoisotopic (exact) mass is 381 g/mol. The Kier molecular flexibility index (Phi) is 8.18. The van der Waals surface area contributed by atoms with Crippen LogP contribution in [0.5, 0.6) is 5.75 Å². The van der Waals surface area contributed by atoms with Crippen molar-refractivity contribution in [3.63, 3.8) is 0 Å². The van der Waals surface area contributed by atoms with Crippen molar-refractivity contribution in [1.82, 2.24) is 4.98 Å². The summed E-state index contributed by atoms with van der Waals surface area (Å²) in [5.74, 6) is 1.16. The van der Waals surface area contributed by atoms with Gasteiger partial charge in [-0.2, -0.15) is 0 Å². The van der Waals surface area contributed by atoms with Crippen LogP contribution in [0.4, 0.5) is 0 Å². The number of pyridine rings is 1. The van der Waals surface area contributed by atoms with Crippen molar-refractivity contribution in [3.8, 4) is 5.75 Å². The van der Waals surface area contributed by atoms with Crippen molar-refractivity contribution >= 4 is 11.8 Å². The molecule has 0 fully saturated rings. The second-order valence-electron chi connectivity index (χ2n) is 7.16. The Labute approximate surface area is 168 Å². The molecule has 2 atom stereocenters. The Morgan fingerprint density at radius 2 is 1.74 bits per heavy atom. The van der Waals surface area contributed by atoms with Crippen LogP contribution in [0.25, 0.3) is 0 Å². The third kappa shape index (κ3) is 6.91. The van der Waals surface area contributed by atoms with Crippen molar-refractivity contribution in [2.45, 2.75) is 51.7 Å². The molecule has 0 aliphatic rings. The fourth-order valence-electron chi connectivity index (χ4n) is 2.74. The molecule has 0 amide bonds. The van der Waals surface area contributed by atoms with Crippen molar-refractivity contribution in [3.05, 3.63) is 83.1 Å². The first-order valence-corrected chi connectivity index (χ1v) is 10.4. The van der Waals surface area contributed by atoms with Gasteiger partial charge < -0.3 is 4.74 Å². The van der Waals surface area contributed by atoms with E-state index < -0.39 is 0 Å². The lowest BCUT2D eigenvalue weighted by molar-refractivity contribution is 0.293. The van der Waals surface area contributed by atoms with Crippen LogP contribution < -0.4 is 4.74 Å². The van der Waals surface area contributed by atoms with Crippen molar-refractivity contribution in [2.24, 2.45) is 0 Å². The van der Waals surface area contributed by atoms with Crippen LogP contribution in [-0.2, 0) is 12.8 Å². The van der Waals surface area contributed by atoms with Gasteiger partial charge in [0.15, 0.2) is 0 Å². The molecule has 0 aliphatic heterocycles. The maximum atomic E-state index is 5.97. The van der Waals surface area contributed by atoms with Crippen LogP contribution in [0.3, 0.4) is 0 Å². The molecular formula is C24H31NOS. The van der Waals surface area contributed by atoms with Gasteiger partial charge in [-0.05, 0) is 60.9 Å². The van der Waals surface area contributed by atoms with E-state index in [-0.39, 0.29) is 5.92 Å². The largest absolute Gasteiger partial charge is 0.493 e. The van der Waals surface area contributed by atoms with Crippen molar-refractivity contribution in [1.29, 1.82) is 0 Å². The SMILES string of the molecule is C=C(C)SC(Cc1ccc(OCC(C)c2ccc(CC)cn2)cc1)C(=C)C. The summed E-state index contributed by atoms with van der Waals surface area (Å²) < 4.78 is 5.97. The smallest absolute Gasteiger partial charge is 0.119 e. The quantitative estimate of drug-likeness (QED) is 0.434. The molecule has 144 valence electrons. The van der Waals surface area contributed by atoms with Gasteiger partial charge in [0.25, 0.3) is 0 Å². The molecule has 1 aromatic carbocycles. The summed E-state index contributed by atoms with van der Waals surface area (Å²) in [6, 6.07) is 12.6. The Morgan fingerprint density at radius 1 is 1.07 bits per heavy atom. The van der Waals surface area contributed by atoms with Crippen molar-refractivity contribution in [2.75, 3.05) is 6.61 Å². The lowest BCUT2D eigenvalue weighted by Crippen LogP contribution is -2.09. The Hall–Kier alpha value is -2.00. The zero-order chi connectivity index (χ0) is 19.8. The van der Waals surface area contributed by atoms with E-state index in [0.717, 1.165) is 29.2 Å². The number of hydrogen-bond acceptors (Lipinski definition) is 3. The normalized spacial score (nSPS) is 13.0. The molecule has 2 aromatic rings. The third-order valence-corrected chi connectivity index (χ3v) is 5.75. The molecule has 2 unspecified atom stereocenters. The van der Waals surface area contributed by atoms with Gasteiger partial charge in [-0.15, -0.1) is 11.8 Å². The van der Waals surface area contributed by atoms with Crippen LogP contribution in [-0.4, -0.2) is 16.8 Å². The predicted molar refractivity (Wildman–Crippen MR) is 119 cm³/mol. The molecule has 0 saturated heterocycles. The first-order chi connectivity index (χ1) is 12.9. The fourth-order valence-corrected chi connectivity index (χ4v) is 3.70. The second-order valence-corrected chi connectivity index (χ2v) is 8.66. The average Bonchev–Trinajstić information content (AvgIpc) is 2.66. The molecule has 0 N–H and O–H groups in total. The van der Waals surface area contributed by atoms with E-state index in [1.54, 1.807) is 11.8 Å². The number of aromatic nitrogens is 1. The van der Waals surface area contributed by atoms with Crippen molar-refractivity contribution < 1.29 is 4.74 Å². The summed E-state index contributed by atoms with van der Waals surface area (Å²) in [5.41, 5.74) is 4.80. The molecule has 0 spiro atoms. The molecular weight excluding hydrogens is 350 g/mol. The highest BCUT2D eigenvalue weighted by atomic mass is 32.2. The highest BCUT2D eigenvalue weighted by Gasteiger charge is 2.12. The molecule has 3 heteroatoms. The molecule has 27 heavy (non-hydrogen) atoms. The number of hydrogen-bond donors (Lipinski definition) is 0. The summed E-state index contributed by atoms with van der Waals surface area (Å²) >= 11 is 1.79. The minimum Gasteiger partial charge on any atom is -0.493 e. The molecule has 1 heterocycles. The Bertz CT molecular complexity index is 749. The summed E-state index contributed by atoms with van der Waals surface area (Å²) in [6.07, 6.45) is 3.93. The topological polar surface area (TPSA) is 22.1 Å². The van der Waals surface area contributed by atoms with Gasteiger partial charge in [0.05, 0.1) is 6.61 Å². The zero-order valence-electron chi connectivity index (χ0n) is 17.0. The van der Waals surface area contributed by atoms with E-state index in [1.165, 1.54) is 16.7 Å². The van der Waals surface area contributed by atoms with Gasteiger partial charge >= 0.3 is 0 Å². The summed E-state index contributed by atoms with van der Waals surface area (Å²) in [7, 11) is 0. The zero-order valence-corrected chi connectivity index (χ0v) is 17.8. The van der Waals surface area contributed by atoms with E-state index in [1.807, 2.05) is 13.1 Å². The number of ether oxygens (including phenoxy) is 1. The summed E-state index contributed by atoms with van der Waals surface area (Å²) in [4.78, 5) is 5.67. The predicted octanol–water partition coefficient (Wildman–Crippen LogP) is 6.58. The van der Waals surface area contributed by atoms with Crippen LogP contribution in [0.15, 0.2) is 66.2 Å². The minimum atomic E-state index is 0.260. The number of rotatable bonds is 10. The Morgan fingerprint density at radius 3 is 2.26 bits per heavy atom. The third-order valence-electron chi connectivity index (χ3n) is 4.50. The molecule has 0 saturated carbocycles. The minimum absolute atomic E-state index is 0.260. The van der Waals surface area contributed by atoms with Crippen LogP contribution in [0.1, 0.15) is 50.4 Å². The van der Waals surface area contributed by atoms with Crippen LogP contribution in [0, 0.1) is 0 Å². The fraction of sp³-hybridized carbons (Fsp3) is 0.375. The number of benzene rings is 1. The van der Waals surface area contributed by atoms with E-state index in [0.29, 0.717) is 11.9 Å². The number of allylic oxidation sites excluding steroid dienone is 1. The lowest BCUT2D eigenvalue weighted by Gasteiger charge is -2.17. The maximum Gasteiger partial charge on any atom is 0.119 e. The molecule has 2 rings (SSSR count). The standard InChI is InChI=1S/C24H31NOS/c1-7-20-10-13-23(25-15-20)19(6)16-26-22-11-8-21(9-12-22)14-24(17(2)3)27-18(4)5/h8-13,15,19,24H,2,4,7,14,16H2,1,3,5-6H3. The maximum absolute atomic E-state index is 5.97. The summed E-state index contributed by atoms with van der Waals surface area (Å²) in [6.45, 7) is 17.2. The summed E-state index contributed by atoms with van der Waals surface area (Å²) in [5, 5.41) is 0.367. The first-order valence-electron chi connectivity index (χ1n) is 9.53. The molecule has 0 bridgehead atoms. The molecule has 2 nitrogen and oxygen atoms in total. The molecule has 1 aromatic heterocycles. The van der Waals surface area contributed by atoms with E-state index in [4.69, 9.17) is 4.74 Å². The number of aryl methyl sites for hydroxylation is 1. The number of thioether (sulfide) groups is 1. The molecule has 0 aliphatic carbocycles.